The zero-order chi connectivity index (χ0) is 8.31. The van der Waals surface area contributed by atoms with Gasteiger partial charge in [0.15, 0.2) is 0 Å². The van der Waals surface area contributed by atoms with Gasteiger partial charge in [0.05, 0.1) is 12.2 Å². The monoisotopic (exact) mass is 149 g/mol. The predicted molar refractivity (Wildman–Crippen MR) is 33.2 cm³/mol. The lowest BCUT2D eigenvalue weighted by atomic mass is 10.1. The third kappa shape index (κ3) is 2.62. The number of rotatable bonds is 3. The highest BCUT2D eigenvalue weighted by Crippen LogP contribution is 2.01. The van der Waals surface area contributed by atoms with Gasteiger partial charge in [-0.3, -0.25) is 0 Å². The number of aliphatic hydroxyl groups excluding tert-OH is 3. The van der Waals surface area contributed by atoms with Gasteiger partial charge < -0.3 is 20.4 Å². The van der Waals surface area contributed by atoms with Crippen molar-refractivity contribution in [3.63, 3.8) is 0 Å². The van der Waals surface area contributed by atoms with E-state index in [2.05, 4.69) is 0 Å². The van der Waals surface area contributed by atoms with Crippen molar-refractivity contribution in [2.75, 3.05) is 0 Å². The van der Waals surface area contributed by atoms with E-state index in [1.807, 2.05) is 0 Å². The minimum absolute atomic E-state index is 1.06. The van der Waals surface area contributed by atoms with Gasteiger partial charge in [0, 0.05) is 0 Å². The van der Waals surface area contributed by atoms with E-state index in [0.29, 0.717) is 0 Å². The smallest absolute Gasteiger partial charge is 0.104 e. The number of aliphatic hydroxyl groups is 3. The Morgan fingerprint density at radius 3 is 1.50 bits per heavy atom. The van der Waals surface area contributed by atoms with Crippen molar-refractivity contribution >= 4 is 0 Å². The van der Waals surface area contributed by atoms with E-state index in [4.69, 9.17) is 15.3 Å². The highest BCUT2D eigenvalue weighted by Gasteiger charge is 2.20. The molecule has 4 atom stereocenters. The Morgan fingerprint density at radius 1 is 1.00 bits per heavy atom. The molecule has 4 unspecified atom stereocenters. The van der Waals surface area contributed by atoms with Crippen molar-refractivity contribution in [2.45, 2.75) is 38.3 Å². The zero-order valence-corrected chi connectivity index (χ0v) is 6.06. The van der Waals surface area contributed by atoms with Crippen LogP contribution in [0.1, 0.15) is 13.8 Å². The molecule has 0 aliphatic heterocycles. The molecule has 0 heterocycles. The first-order valence-corrected chi connectivity index (χ1v) is 3.16. The quantitative estimate of drug-likeness (QED) is 0.426. The van der Waals surface area contributed by atoms with Gasteiger partial charge in [-0.2, -0.15) is 0 Å². The van der Waals surface area contributed by atoms with E-state index in [9.17, 15) is 5.11 Å². The lowest BCUT2D eigenvalue weighted by Gasteiger charge is -2.29. The zero-order valence-electron chi connectivity index (χ0n) is 6.06. The molecule has 0 aromatic heterocycles. The maximum atomic E-state index is 10.5. The SMILES string of the molecule is CC([O-])C(O)C(O)C(C)O. The number of hydrogen-bond donors (Lipinski definition) is 3. The second-order valence-electron chi connectivity index (χ2n) is 2.43. The molecule has 0 aromatic carbocycles. The summed E-state index contributed by atoms with van der Waals surface area (Å²) in [5.74, 6) is 0. The van der Waals surface area contributed by atoms with Crippen molar-refractivity contribution in [3.8, 4) is 0 Å². The Morgan fingerprint density at radius 2 is 1.40 bits per heavy atom. The van der Waals surface area contributed by atoms with Crippen LogP contribution >= 0.6 is 0 Å². The maximum Gasteiger partial charge on any atom is 0.104 e. The molecule has 62 valence electrons. The van der Waals surface area contributed by atoms with Gasteiger partial charge in [0.2, 0.25) is 0 Å². The predicted octanol–water partition coefficient (Wildman–Crippen LogP) is -2.16. The van der Waals surface area contributed by atoms with Crippen LogP contribution in [0.15, 0.2) is 0 Å². The second kappa shape index (κ2) is 3.88. The molecule has 0 rings (SSSR count). The minimum Gasteiger partial charge on any atom is -0.850 e. The molecule has 3 N–H and O–H groups in total. The molecule has 0 spiro atoms. The molecule has 0 saturated carbocycles. The summed E-state index contributed by atoms with van der Waals surface area (Å²) >= 11 is 0. The molecule has 4 nitrogen and oxygen atoms in total. The van der Waals surface area contributed by atoms with Crippen molar-refractivity contribution in [2.24, 2.45) is 0 Å². The van der Waals surface area contributed by atoms with Crippen LogP contribution in [0.4, 0.5) is 0 Å². The van der Waals surface area contributed by atoms with E-state index in [0.717, 1.165) is 0 Å². The van der Waals surface area contributed by atoms with Crippen molar-refractivity contribution in [3.05, 3.63) is 0 Å². The van der Waals surface area contributed by atoms with Gasteiger partial charge in [-0.1, -0.05) is 6.92 Å². The van der Waals surface area contributed by atoms with Crippen LogP contribution in [-0.2, 0) is 0 Å². The Hall–Kier alpha value is -0.160. The first-order chi connectivity index (χ1) is 4.46. The largest absolute Gasteiger partial charge is 0.850 e. The summed E-state index contributed by atoms with van der Waals surface area (Å²) in [7, 11) is 0. The molecule has 0 aliphatic carbocycles. The molecule has 4 heteroatoms. The average molecular weight is 149 g/mol. The van der Waals surface area contributed by atoms with E-state index in [1.165, 1.54) is 13.8 Å². The summed E-state index contributed by atoms with van der Waals surface area (Å²) in [6, 6.07) is 0. The van der Waals surface area contributed by atoms with Crippen LogP contribution in [0.25, 0.3) is 0 Å². The molecule has 0 aromatic rings. The Balaban J connectivity index is 3.81. The van der Waals surface area contributed by atoms with Crippen LogP contribution in [0.5, 0.6) is 0 Å². The third-order valence-electron chi connectivity index (χ3n) is 1.33. The van der Waals surface area contributed by atoms with Crippen LogP contribution < -0.4 is 5.11 Å². The van der Waals surface area contributed by atoms with Crippen LogP contribution in [-0.4, -0.2) is 39.7 Å². The lowest BCUT2D eigenvalue weighted by Crippen LogP contribution is -2.47. The van der Waals surface area contributed by atoms with Crippen LogP contribution in [0, 0.1) is 0 Å². The summed E-state index contributed by atoms with van der Waals surface area (Å²) < 4.78 is 0. The average Bonchev–Trinajstić information content (AvgIpc) is 1.84. The topological polar surface area (TPSA) is 83.8 Å². The molecule has 0 amide bonds. The molecule has 0 radical (unpaired) electrons. The lowest BCUT2D eigenvalue weighted by molar-refractivity contribution is -0.437. The fraction of sp³-hybridized carbons (Fsp3) is 1.00. The van der Waals surface area contributed by atoms with Crippen molar-refractivity contribution in [1.82, 2.24) is 0 Å². The van der Waals surface area contributed by atoms with Gasteiger partial charge in [-0.05, 0) is 6.92 Å². The fourth-order valence-corrected chi connectivity index (χ4v) is 0.563. The highest BCUT2D eigenvalue weighted by molar-refractivity contribution is 4.74. The Labute approximate surface area is 59.7 Å². The summed E-state index contributed by atoms with van der Waals surface area (Å²) in [5.41, 5.74) is 0. The molecule has 0 fully saturated rings. The van der Waals surface area contributed by atoms with Crippen molar-refractivity contribution < 1.29 is 20.4 Å². The molecule has 0 saturated heterocycles. The van der Waals surface area contributed by atoms with E-state index in [1.54, 1.807) is 0 Å². The normalized spacial score (nSPS) is 23.4. The van der Waals surface area contributed by atoms with Gasteiger partial charge in [0.1, 0.15) is 6.10 Å². The fourth-order valence-electron chi connectivity index (χ4n) is 0.563. The number of hydrogen-bond acceptors (Lipinski definition) is 4. The second-order valence-corrected chi connectivity index (χ2v) is 2.43. The van der Waals surface area contributed by atoms with Crippen molar-refractivity contribution in [1.29, 1.82) is 0 Å². The molecule has 0 bridgehead atoms. The van der Waals surface area contributed by atoms with Gasteiger partial charge in [-0.25, -0.2) is 0 Å². The van der Waals surface area contributed by atoms with Gasteiger partial charge in [-0.15, -0.1) is 6.10 Å². The summed E-state index contributed by atoms with van der Waals surface area (Å²) in [6.07, 6.45) is -5.07. The van der Waals surface area contributed by atoms with E-state index in [-0.39, 0.29) is 0 Å². The van der Waals surface area contributed by atoms with Crippen LogP contribution in [0.2, 0.25) is 0 Å². The van der Waals surface area contributed by atoms with E-state index < -0.39 is 24.4 Å². The highest BCUT2D eigenvalue weighted by atomic mass is 16.4. The third-order valence-corrected chi connectivity index (χ3v) is 1.33. The van der Waals surface area contributed by atoms with Gasteiger partial charge >= 0.3 is 0 Å². The van der Waals surface area contributed by atoms with Gasteiger partial charge in [0.25, 0.3) is 0 Å². The first kappa shape index (κ1) is 9.84. The Kier molecular flexibility index (Phi) is 3.81. The molecule has 10 heavy (non-hydrogen) atoms. The summed E-state index contributed by atoms with van der Waals surface area (Å²) in [4.78, 5) is 0. The maximum absolute atomic E-state index is 10.5. The van der Waals surface area contributed by atoms with E-state index >= 15 is 0 Å². The molecule has 0 aliphatic rings. The molecular weight excluding hydrogens is 136 g/mol. The summed E-state index contributed by atoms with van der Waals surface area (Å²) in [5, 5.41) is 36.9. The Bertz CT molecular complexity index is 79.7. The molecular formula is C6H13O4-. The first-order valence-electron chi connectivity index (χ1n) is 3.16. The van der Waals surface area contributed by atoms with Crippen LogP contribution in [0.3, 0.4) is 0 Å². The minimum atomic E-state index is -1.39. The summed E-state index contributed by atoms with van der Waals surface area (Å²) in [6.45, 7) is 2.55. The standard InChI is InChI=1S/C6H13O4/c1-3(7)5(9)6(10)4(2)8/h3-7,9-10H,1-2H3/q-1.